The number of anilines is 1. The Balaban J connectivity index is 2.41. The predicted octanol–water partition coefficient (Wildman–Crippen LogP) is 0.630. The van der Waals surface area contributed by atoms with Crippen molar-refractivity contribution in [2.75, 3.05) is 11.4 Å². The quantitative estimate of drug-likeness (QED) is 0.850. The van der Waals surface area contributed by atoms with Crippen molar-refractivity contribution in [2.24, 2.45) is 0 Å². The standard InChI is InChI=1S/C9H10N4O2S/c1-13(9-7-10-12-11-9)16(14,15)8-5-3-2-4-6-8/h2-7H,1H3,(H,10,11,12). The van der Waals surface area contributed by atoms with E-state index in [1.165, 1.54) is 25.4 Å². The van der Waals surface area contributed by atoms with Crippen LogP contribution in [0.3, 0.4) is 0 Å². The van der Waals surface area contributed by atoms with Crippen LogP contribution in [0.25, 0.3) is 0 Å². The summed E-state index contributed by atoms with van der Waals surface area (Å²) >= 11 is 0. The van der Waals surface area contributed by atoms with Gasteiger partial charge in [0.25, 0.3) is 10.0 Å². The number of nitrogens with zero attached hydrogens (tertiary/aromatic N) is 3. The molecule has 0 saturated heterocycles. The highest BCUT2D eigenvalue weighted by atomic mass is 32.2. The minimum Gasteiger partial charge on any atom is -0.263 e. The molecular formula is C9H10N4O2S. The first-order chi connectivity index (χ1) is 7.62. The maximum Gasteiger partial charge on any atom is 0.265 e. The number of hydrogen-bond donors (Lipinski definition) is 1. The van der Waals surface area contributed by atoms with E-state index < -0.39 is 10.0 Å². The minimum atomic E-state index is -3.55. The van der Waals surface area contributed by atoms with Gasteiger partial charge in [-0.05, 0) is 12.1 Å². The van der Waals surface area contributed by atoms with E-state index in [0.717, 1.165) is 4.31 Å². The Morgan fingerprint density at radius 3 is 2.50 bits per heavy atom. The Morgan fingerprint density at radius 1 is 1.25 bits per heavy atom. The molecule has 0 spiro atoms. The number of H-pyrrole nitrogens is 1. The van der Waals surface area contributed by atoms with Gasteiger partial charge in [-0.2, -0.15) is 0 Å². The third kappa shape index (κ3) is 1.76. The number of benzene rings is 1. The summed E-state index contributed by atoms with van der Waals surface area (Å²) in [4.78, 5) is 0.223. The van der Waals surface area contributed by atoms with Crippen LogP contribution in [0.5, 0.6) is 0 Å². The van der Waals surface area contributed by atoms with E-state index in [1.54, 1.807) is 18.2 Å². The maximum absolute atomic E-state index is 12.1. The summed E-state index contributed by atoms with van der Waals surface area (Å²) < 4.78 is 25.2. The Kier molecular flexibility index (Phi) is 2.61. The number of hydrogen-bond acceptors (Lipinski definition) is 4. The van der Waals surface area contributed by atoms with Crippen LogP contribution < -0.4 is 4.31 Å². The van der Waals surface area contributed by atoms with Crippen molar-refractivity contribution in [2.45, 2.75) is 4.90 Å². The molecule has 2 aromatic rings. The molecular weight excluding hydrogens is 228 g/mol. The van der Waals surface area contributed by atoms with Crippen molar-refractivity contribution < 1.29 is 8.42 Å². The first kappa shape index (κ1) is 10.6. The molecule has 0 saturated carbocycles. The van der Waals surface area contributed by atoms with Crippen LogP contribution in [-0.4, -0.2) is 30.9 Å². The van der Waals surface area contributed by atoms with Gasteiger partial charge in [0.05, 0.1) is 11.1 Å². The molecule has 1 aromatic heterocycles. The van der Waals surface area contributed by atoms with Gasteiger partial charge in [-0.15, -0.1) is 5.10 Å². The summed E-state index contributed by atoms with van der Waals surface area (Å²) in [5.74, 6) is 0.254. The van der Waals surface area contributed by atoms with Gasteiger partial charge in [0.15, 0.2) is 5.82 Å². The number of rotatable bonds is 3. The van der Waals surface area contributed by atoms with Crippen LogP contribution in [0, 0.1) is 0 Å². The molecule has 0 radical (unpaired) electrons. The highest BCUT2D eigenvalue weighted by Crippen LogP contribution is 2.18. The average molecular weight is 238 g/mol. The van der Waals surface area contributed by atoms with Crippen molar-refractivity contribution in [3.63, 3.8) is 0 Å². The van der Waals surface area contributed by atoms with Crippen molar-refractivity contribution in [1.29, 1.82) is 0 Å². The van der Waals surface area contributed by atoms with E-state index >= 15 is 0 Å². The first-order valence-corrected chi connectivity index (χ1v) is 5.97. The summed E-state index contributed by atoms with van der Waals surface area (Å²) in [6.07, 6.45) is 1.42. The second-order valence-corrected chi connectivity index (χ2v) is 5.09. The topological polar surface area (TPSA) is 79.0 Å². The summed E-state index contributed by atoms with van der Waals surface area (Å²) in [5, 5.41) is 9.59. The number of aromatic nitrogens is 3. The zero-order valence-electron chi connectivity index (χ0n) is 8.53. The molecule has 1 aromatic carbocycles. The van der Waals surface area contributed by atoms with Crippen molar-refractivity contribution >= 4 is 15.8 Å². The monoisotopic (exact) mass is 238 g/mol. The van der Waals surface area contributed by atoms with Crippen molar-refractivity contribution in [1.82, 2.24) is 15.4 Å². The van der Waals surface area contributed by atoms with Gasteiger partial charge in [-0.1, -0.05) is 23.4 Å². The van der Waals surface area contributed by atoms with Crippen LogP contribution in [0.4, 0.5) is 5.82 Å². The fourth-order valence-electron chi connectivity index (χ4n) is 1.22. The van der Waals surface area contributed by atoms with Crippen LogP contribution in [0.2, 0.25) is 0 Å². The largest absolute Gasteiger partial charge is 0.265 e. The molecule has 0 unspecified atom stereocenters. The highest BCUT2D eigenvalue weighted by Gasteiger charge is 2.22. The summed E-state index contributed by atoms with van der Waals surface area (Å²) in [7, 11) is -2.12. The molecule has 1 heterocycles. The van der Waals surface area contributed by atoms with Gasteiger partial charge in [-0.25, -0.2) is 8.42 Å². The Hall–Kier alpha value is -1.89. The van der Waals surface area contributed by atoms with Gasteiger partial charge >= 0.3 is 0 Å². The molecule has 0 aliphatic carbocycles. The molecule has 2 rings (SSSR count). The zero-order valence-corrected chi connectivity index (χ0v) is 9.35. The Labute approximate surface area is 93.0 Å². The van der Waals surface area contributed by atoms with Crippen molar-refractivity contribution in [3.8, 4) is 0 Å². The van der Waals surface area contributed by atoms with Crippen molar-refractivity contribution in [3.05, 3.63) is 36.5 Å². The second-order valence-electron chi connectivity index (χ2n) is 3.12. The smallest absolute Gasteiger partial charge is 0.263 e. The van der Waals surface area contributed by atoms with E-state index in [2.05, 4.69) is 15.4 Å². The lowest BCUT2D eigenvalue weighted by molar-refractivity contribution is 0.594. The first-order valence-electron chi connectivity index (χ1n) is 4.53. The molecule has 0 bridgehead atoms. The zero-order chi connectivity index (χ0) is 11.6. The third-order valence-corrected chi connectivity index (χ3v) is 3.90. The number of nitrogens with one attached hydrogen (secondary N) is 1. The van der Waals surface area contributed by atoms with E-state index in [-0.39, 0.29) is 10.7 Å². The number of aromatic amines is 1. The molecule has 0 aliphatic rings. The Bertz CT molecular complexity index is 550. The van der Waals surface area contributed by atoms with Gasteiger partial charge in [0, 0.05) is 7.05 Å². The lowest BCUT2D eigenvalue weighted by atomic mass is 10.4. The van der Waals surface area contributed by atoms with E-state index in [9.17, 15) is 8.42 Å². The molecule has 16 heavy (non-hydrogen) atoms. The molecule has 0 fully saturated rings. The van der Waals surface area contributed by atoms with Gasteiger partial charge < -0.3 is 0 Å². The third-order valence-electron chi connectivity index (χ3n) is 2.13. The number of sulfonamides is 1. The van der Waals surface area contributed by atoms with E-state index in [0.29, 0.717) is 0 Å². The second kappa shape index (κ2) is 3.93. The van der Waals surface area contributed by atoms with Gasteiger partial charge in [0.2, 0.25) is 0 Å². The molecule has 0 atom stereocenters. The van der Waals surface area contributed by atoms with E-state index in [4.69, 9.17) is 0 Å². The lowest BCUT2D eigenvalue weighted by Gasteiger charge is -2.15. The molecule has 6 nitrogen and oxygen atoms in total. The molecule has 7 heteroatoms. The molecule has 0 aliphatic heterocycles. The average Bonchev–Trinajstić information content (AvgIpc) is 2.82. The SMILES string of the molecule is CN(c1c[nH]nn1)S(=O)(=O)c1ccccc1. The Morgan fingerprint density at radius 2 is 1.94 bits per heavy atom. The van der Waals surface area contributed by atoms with Gasteiger partial charge in [0.1, 0.15) is 0 Å². The minimum absolute atomic E-state index is 0.223. The van der Waals surface area contributed by atoms with Crippen LogP contribution in [0.15, 0.2) is 41.4 Å². The summed E-state index contributed by atoms with van der Waals surface area (Å²) in [6, 6.07) is 8.17. The summed E-state index contributed by atoms with van der Waals surface area (Å²) in [6.45, 7) is 0. The fourth-order valence-corrected chi connectivity index (χ4v) is 2.38. The maximum atomic E-state index is 12.1. The normalized spacial score (nSPS) is 11.3. The fraction of sp³-hybridized carbons (Fsp3) is 0.111. The van der Waals surface area contributed by atoms with Crippen LogP contribution >= 0.6 is 0 Å². The molecule has 1 N–H and O–H groups in total. The van der Waals surface area contributed by atoms with Gasteiger partial charge in [-0.3, -0.25) is 9.40 Å². The van der Waals surface area contributed by atoms with E-state index in [1.807, 2.05) is 0 Å². The molecule has 84 valence electrons. The molecule has 0 amide bonds. The summed E-state index contributed by atoms with van der Waals surface area (Å²) in [5.41, 5.74) is 0. The van der Waals surface area contributed by atoms with Crippen LogP contribution in [0.1, 0.15) is 0 Å². The highest BCUT2D eigenvalue weighted by molar-refractivity contribution is 7.92. The predicted molar refractivity (Wildman–Crippen MR) is 58.4 cm³/mol. The van der Waals surface area contributed by atoms with Crippen LogP contribution in [-0.2, 0) is 10.0 Å². The lowest BCUT2D eigenvalue weighted by Crippen LogP contribution is -2.26.